The Bertz CT molecular complexity index is 934. The van der Waals surface area contributed by atoms with Crippen molar-refractivity contribution in [3.05, 3.63) is 22.8 Å². The van der Waals surface area contributed by atoms with E-state index in [1.807, 2.05) is 6.92 Å². The van der Waals surface area contributed by atoms with Crippen molar-refractivity contribution in [2.75, 3.05) is 12.9 Å². The SMILES string of the molecule is CCCC[C@@](C)(C/C=C/[C@@H]1C(SCCCCCC(=O)OC)=C(OC(=O)CCC)C[C@H]1O[Si](C)(C)C(C)(C)C)O[Si](C)(C)C. The van der Waals surface area contributed by atoms with Gasteiger partial charge < -0.3 is 18.3 Å². The molecule has 0 heterocycles. The fourth-order valence-electron chi connectivity index (χ4n) is 5.09. The third kappa shape index (κ3) is 14.8. The van der Waals surface area contributed by atoms with Crippen LogP contribution in [0.2, 0.25) is 37.8 Å². The first-order valence-electron chi connectivity index (χ1n) is 16.6. The van der Waals surface area contributed by atoms with Crippen molar-refractivity contribution >= 4 is 40.3 Å². The second kappa shape index (κ2) is 18.3. The molecule has 0 radical (unpaired) electrons. The van der Waals surface area contributed by atoms with E-state index in [2.05, 4.69) is 79.5 Å². The molecule has 0 saturated carbocycles. The molecule has 0 N–H and O–H groups in total. The Morgan fingerprint density at radius 3 is 2.16 bits per heavy atom. The predicted molar refractivity (Wildman–Crippen MR) is 187 cm³/mol. The molecule has 0 aliphatic heterocycles. The third-order valence-electron chi connectivity index (χ3n) is 8.32. The number of carbonyl (C=O) groups is 2. The minimum absolute atomic E-state index is 0.0286. The average Bonchev–Trinajstić information content (AvgIpc) is 3.17. The molecule has 0 bridgehead atoms. The van der Waals surface area contributed by atoms with E-state index in [0.717, 1.165) is 67.8 Å². The van der Waals surface area contributed by atoms with Gasteiger partial charge in [0.1, 0.15) is 5.76 Å². The van der Waals surface area contributed by atoms with Crippen LogP contribution in [0.15, 0.2) is 22.8 Å². The Balaban J connectivity index is 3.34. The first-order chi connectivity index (χ1) is 19.9. The lowest BCUT2D eigenvalue weighted by molar-refractivity contribution is -0.141. The first-order valence-corrected chi connectivity index (χ1v) is 23.9. The lowest BCUT2D eigenvalue weighted by Crippen LogP contribution is -2.45. The Morgan fingerprint density at radius 2 is 1.60 bits per heavy atom. The van der Waals surface area contributed by atoms with Gasteiger partial charge in [0.15, 0.2) is 16.6 Å². The molecule has 1 aliphatic carbocycles. The number of rotatable bonds is 20. The van der Waals surface area contributed by atoms with E-state index in [0.29, 0.717) is 19.3 Å². The Hall–Kier alpha value is -0.876. The zero-order chi connectivity index (χ0) is 32.9. The van der Waals surface area contributed by atoms with E-state index in [9.17, 15) is 9.59 Å². The number of thioether (sulfide) groups is 1. The maximum Gasteiger partial charge on any atom is 0.310 e. The van der Waals surface area contributed by atoms with Crippen LogP contribution in [0.25, 0.3) is 0 Å². The van der Waals surface area contributed by atoms with E-state index < -0.39 is 16.6 Å². The highest BCUT2D eigenvalue weighted by molar-refractivity contribution is 8.03. The summed E-state index contributed by atoms with van der Waals surface area (Å²) in [6, 6.07) is 0. The summed E-state index contributed by atoms with van der Waals surface area (Å²) < 4.78 is 24.6. The summed E-state index contributed by atoms with van der Waals surface area (Å²) in [5.41, 5.74) is -0.196. The van der Waals surface area contributed by atoms with Crippen molar-refractivity contribution < 1.29 is 27.9 Å². The van der Waals surface area contributed by atoms with Crippen molar-refractivity contribution in [1.29, 1.82) is 0 Å². The number of esters is 2. The molecule has 0 amide bonds. The molecule has 0 aromatic rings. The van der Waals surface area contributed by atoms with E-state index in [-0.39, 0.29) is 34.6 Å². The average molecular weight is 657 g/mol. The molecule has 0 spiro atoms. The molecule has 0 aromatic carbocycles. The summed E-state index contributed by atoms with van der Waals surface area (Å²) in [7, 11) is -2.38. The fraction of sp³-hybridized carbons (Fsp3) is 0.824. The van der Waals surface area contributed by atoms with Gasteiger partial charge in [0.2, 0.25) is 0 Å². The van der Waals surface area contributed by atoms with Gasteiger partial charge in [0.05, 0.1) is 18.8 Å². The van der Waals surface area contributed by atoms with Crippen LogP contribution in [0.1, 0.15) is 112 Å². The highest BCUT2D eigenvalue weighted by Crippen LogP contribution is 2.47. The van der Waals surface area contributed by atoms with E-state index in [1.165, 1.54) is 7.11 Å². The maximum absolute atomic E-state index is 12.7. The van der Waals surface area contributed by atoms with Crippen LogP contribution >= 0.6 is 11.8 Å². The Labute approximate surface area is 270 Å². The molecule has 250 valence electrons. The summed E-state index contributed by atoms with van der Waals surface area (Å²) in [6.07, 6.45) is 13.7. The number of carbonyl (C=O) groups excluding carboxylic acids is 2. The number of ether oxygens (including phenoxy) is 2. The molecule has 0 unspecified atom stereocenters. The minimum atomic E-state index is -2.09. The molecule has 3 atom stereocenters. The van der Waals surface area contributed by atoms with Crippen LogP contribution < -0.4 is 0 Å². The van der Waals surface area contributed by atoms with Crippen LogP contribution in [-0.4, -0.2) is 53.1 Å². The zero-order valence-electron chi connectivity index (χ0n) is 29.7. The summed E-state index contributed by atoms with van der Waals surface area (Å²) in [4.78, 5) is 25.4. The van der Waals surface area contributed by atoms with Gasteiger partial charge in [-0.2, -0.15) is 0 Å². The van der Waals surface area contributed by atoms with Crippen LogP contribution in [0.4, 0.5) is 0 Å². The van der Waals surface area contributed by atoms with Crippen molar-refractivity contribution in [2.24, 2.45) is 5.92 Å². The number of methoxy groups -OCH3 is 1. The summed E-state index contributed by atoms with van der Waals surface area (Å²) in [5, 5.41) is 0.0692. The van der Waals surface area contributed by atoms with Crippen LogP contribution in [0, 0.1) is 5.92 Å². The molecule has 0 saturated heterocycles. The number of hydrogen-bond donors (Lipinski definition) is 0. The molecule has 9 heteroatoms. The lowest BCUT2D eigenvalue weighted by atomic mass is 9.94. The Morgan fingerprint density at radius 1 is 0.930 bits per heavy atom. The monoisotopic (exact) mass is 656 g/mol. The van der Waals surface area contributed by atoms with Crippen molar-refractivity contribution in [1.82, 2.24) is 0 Å². The van der Waals surface area contributed by atoms with Gasteiger partial charge in [0.25, 0.3) is 0 Å². The highest BCUT2D eigenvalue weighted by atomic mass is 32.2. The molecule has 6 nitrogen and oxygen atoms in total. The van der Waals surface area contributed by atoms with Crippen molar-refractivity contribution in [3.63, 3.8) is 0 Å². The van der Waals surface area contributed by atoms with Gasteiger partial charge in [-0.05, 0) is 82.6 Å². The molecule has 1 rings (SSSR count). The molecular formula is C34H64O6SSi2. The zero-order valence-corrected chi connectivity index (χ0v) is 32.5. The number of hydrogen-bond acceptors (Lipinski definition) is 7. The van der Waals surface area contributed by atoms with E-state index >= 15 is 0 Å². The van der Waals surface area contributed by atoms with Crippen molar-refractivity contribution in [2.45, 2.75) is 162 Å². The normalized spacial score (nSPS) is 19.6. The standard InChI is InChI=1S/C34H64O6SSi2/c1-13-15-23-34(6,40-42(8,9)10)24-19-21-27-28(39-43(11,12)33(3,4)5)26-29(38-31(36)20-14-2)32(27)41-25-18-16-17-22-30(35)37-7/h19,21,27-28H,13-18,20,22-26H2,1-12H3/b21-19+/t27-,28+,34-/m0/s1. The summed E-state index contributed by atoms with van der Waals surface area (Å²) in [6.45, 7) is 24.7. The van der Waals surface area contributed by atoms with Crippen molar-refractivity contribution in [3.8, 4) is 0 Å². The molecular weight excluding hydrogens is 593 g/mol. The molecule has 1 aliphatic rings. The van der Waals surface area contributed by atoms with Gasteiger partial charge in [-0.3, -0.25) is 9.59 Å². The predicted octanol–water partition coefficient (Wildman–Crippen LogP) is 10.2. The fourth-order valence-corrected chi connectivity index (χ4v) is 9.37. The minimum Gasteiger partial charge on any atom is -0.469 e. The summed E-state index contributed by atoms with van der Waals surface area (Å²) in [5.74, 6) is 1.38. The van der Waals surface area contributed by atoms with Gasteiger partial charge in [-0.15, -0.1) is 11.8 Å². The molecule has 0 fully saturated rings. The van der Waals surface area contributed by atoms with E-state index in [1.54, 1.807) is 11.8 Å². The van der Waals surface area contributed by atoms with Crippen LogP contribution in [0.3, 0.4) is 0 Å². The smallest absolute Gasteiger partial charge is 0.310 e. The van der Waals surface area contributed by atoms with Crippen LogP contribution in [0.5, 0.6) is 0 Å². The van der Waals surface area contributed by atoms with Crippen LogP contribution in [-0.2, 0) is 27.9 Å². The largest absolute Gasteiger partial charge is 0.469 e. The van der Waals surface area contributed by atoms with Gasteiger partial charge in [-0.25, -0.2) is 0 Å². The van der Waals surface area contributed by atoms with Gasteiger partial charge >= 0.3 is 11.9 Å². The Kier molecular flexibility index (Phi) is 17.1. The lowest BCUT2D eigenvalue weighted by Gasteiger charge is -2.40. The molecule has 0 aromatic heterocycles. The third-order valence-corrected chi connectivity index (χ3v) is 15.2. The summed E-state index contributed by atoms with van der Waals surface area (Å²) >= 11 is 1.79. The van der Waals surface area contributed by atoms with Gasteiger partial charge in [-0.1, -0.05) is 66.0 Å². The topological polar surface area (TPSA) is 71.1 Å². The molecule has 43 heavy (non-hydrogen) atoms. The highest BCUT2D eigenvalue weighted by Gasteiger charge is 2.44. The number of unbranched alkanes of at least 4 members (excludes halogenated alkanes) is 3. The quantitative estimate of drug-likeness (QED) is 0.0559. The van der Waals surface area contributed by atoms with Gasteiger partial charge in [0, 0.05) is 30.1 Å². The first kappa shape index (κ1) is 40.1. The second-order valence-electron chi connectivity index (χ2n) is 14.8. The van der Waals surface area contributed by atoms with E-state index in [4.69, 9.17) is 18.3 Å². The maximum atomic E-state index is 12.7. The second-order valence-corrected chi connectivity index (χ2v) is 25.1.